The van der Waals surface area contributed by atoms with Gasteiger partial charge in [0.2, 0.25) is 0 Å². The lowest BCUT2D eigenvalue weighted by Crippen LogP contribution is -2.31. The van der Waals surface area contributed by atoms with Gasteiger partial charge in [-0.2, -0.15) is 10.2 Å². The zero-order chi connectivity index (χ0) is 18.2. The van der Waals surface area contributed by atoms with Crippen molar-refractivity contribution < 1.29 is 0 Å². The van der Waals surface area contributed by atoms with Crippen molar-refractivity contribution in [3.63, 3.8) is 0 Å². The van der Waals surface area contributed by atoms with Crippen LogP contribution >= 0.6 is 12.2 Å². The Morgan fingerprint density at radius 2 is 1.81 bits per heavy atom. The van der Waals surface area contributed by atoms with Crippen LogP contribution in [0, 0.1) is 0 Å². The molecular formula is C20H19N5S. The molecular weight excluding hydrogens is 342 g/mol. The van der Waals surface area contributed by atoms with Crippen LogP contribution in [0.3, 0.4) is 0 Å². The Morgan fingerprint density at radius 3 is 2.50 bits per heavy atom. The van der Waals surface area contributed by atoms with Crippen LogP contribution in [0.2, 0.25) is 0 Å². The second kappa shape index (κ2) is 8.73. The van der Waals surface area contributed by atoms with Gasteiger partial charge in [0.15, 0.2) is 5.11 Å². The van der Waals surface area contributed by atoms with E-state index in [4.69, 9.17) is 17.3 Å². The highest BCUT2D eigenvalue weighted by molar-refractivity contribution is 7.80. The second-order valence-electron chi connectivity index (χ2n) is 5.45. The van der Waals surface area contributed by atoms with Crippen molar-refractivity contribution in [2.24, 2.45) is 5.10 Å². The minimum Gasteiger partial charge on any atom is -0.358 e. The zero-order valence-corrected chi connectivity index (χ0v) is 15.0. The smallest absolute Gasteiger partial charge is 0.187 e. The molecule has 2 N–H and O–H groups in total. The SMILES string of the molecule is C=CCNC(=S)N/N=C/c1cn(-c2ccccc2)nc1-c1ccccc1. The van der Waals surface area contributed by atoms with E-state index in [-0.39, 0.29) is 0 Å². The maximum Gasteiger partial charge on any atom is 0.187 e. The Hall–Kier alpha value is -3.25. The number of thiocarbonyl (C=S) groups is 1. The monoisotopic (exact) mass is 361 g/mol. The fourth-order valence-electron chi connectivity index (χ4n) is 2.38. The third kappa shape index (κ3) is 4.43. The van der Waals surface area contributed by atoms with E-state index in [2.05, 4.69) is 22.4 Å². The molecule has 0 unspecified atom stereocenters. The molecule has 0 fully saturated rings. The molecule has 1 aromatic heterocycles. The summed E-state index contributed by atoms with van der Waals surface area (Å²) in [5.41, 5.74) is 6.55. The molecule has 26 heavy (non-hydrogen) atoms. The highest BCUT2D eigenvalue weighted by Gasteiger charge is 2.10. The van der Waals surface area contributed by atoms with E-state index in [0.717, 1.165) is 22.5 Å². The van der Waals surface area contributed by atoms with E-state index >= 15 is 0 Å². The summed E-state index contributed by atoms with van der Waals surface area (Å²) in [6.07, 6.45) is 5.40. The van der Waals surface area contributed by atoms with Crippen LogP contribution in [-0.2, 0) is 0 Å². The van der Waals surface area contributed by atoms with Crippen molar-refractivity contribution in [1.29, 1.82) is 0 Å². The van der Waals surface area contributed by atoms with Gasteiger partial charge < -0.3 is 5.32 Å². The van der Waals surface area contributed by atoms with Crippen molar-refractivity contribution >= 4 is 23.5 Å². The topological polar surface area (TPSA) is 54.2 Å². The van der Waals surface area contributed by atoms with E-state index in [0.29, 0.717) is 11.7 Å². The van der Waals surface area contributed by atoms with Gasteiger partial charge in [-0.25, -0.2) is 4.68 Å². The number of aromatic nitrogens is 2. The first-order valence-corrected chi connectivity index (χ1v) is 8.57. The molecule has 0 spiro atoms. The molecule has 3 aromatic rings. The summed E-state index contributed by atoms with van der Waals surface area (Å²) in [5, 5.41) is 12.4. The average Bonchev–Trinajstić information content (AvgIpc) is 3.12. The van der Waals surface area contributed by atoms with Gasteiger partial charge in [-0.3, -0.25) is 5.43 Å². The lowest BCUT2D eigenvalue weighted by atomic mass is 10.1. The first-order chi connectivity index (χ1) is 12.8. The zero-order valence-electron chi connectivity index (χ0n) is 14.2. The van der Waals surface area contributed by atoms with Gasteiger partial charge in [0.05, 0.1) is 11.9 Å². The third-order valence-electron chi connectivity index (χ3n) is 3.59. The van der Waals surface area contributed by atoms with E-state index < -0.39 is 0 Å². The predicted octanol–water partition coefficient (Wildman–Crippen LogP) is 3.52. The van der Waals surface area contributed by atoms with Gasteiger partial charge >= 0.3 is 0 Å². The quantitative estimate of drug-likeness (QED) is 0.305. The molecule has 2 aromatic carbocycles. The van der Waals surface area contributed by atoms with Crippen LogP contribution in [0.4, 0.5) is 0 Å². The highest BCUT2D eigenvalue weighted by Crippen LogP contribution is 2.22. The standard InChI is InChI=1S/C20H19N5S/c1-2-13-21-20(26)23-22-14-17-15-25(18-11-7-4-8-12-18)24-19(17)16-9-5-3-6-10-16/h2-12,14-15H,1,13H2,(H2,21,23,26)/b22-14+. The molecule has 5 nitrogen and oxygen atoms in total. The Bertz CT molecular complexity index is 900. The minimum atomic E-state index is 0.442. The van der Waals surface area contributed by atoms with Gasteiger partial charge in [-0.15, -0.1) is 6.58 Å². The van der Waals surface area contributed by atoms with Crippen molar-refractivity contribution in [1.82, 2.24) is 20.5 Å². The normalized spacial score (nSPS) is 10.6. The number of rotatable bonds is 6. The lowest BCUT2D eigenvalue weighted by molar-refractivity contribution is 0.884. The Kier molecular flexibility index (Phi) is 5.90. The second-order valence-corrected chi connectivity index (χ2v) is 5.86. The summed E-state index contributed by atoms with van der Waals surface area (Å²) < 4.78 is 1.85. The van der Waals surface area contributed by atoms with Crippen molar-refractivity contribution in [3.05, 3.63) is 85.1 Å². The molecule has 0 atom stereocenters. The van der Waals surface area contributed by atoms with Gasteiger partial charge in [0.25, 0.3) is 0 Å². The van der Waals surface area contributed by atoms with Crippen LogP contribution in [0.15, 0.2) is 84.6 Å². The van der Waals surface area contributed by atoms with Crippen LogP contribution in [-0.4, -0.2) is 27.7 Å². The Morgan fingerprint density at radius 1 is 1.12 bits per heavy atom. The number of hydrogen-bond acceptors (Lipinski definition) is 3. The number of benzene rings is 2. The van der Waals surface area contributed by atoms with E-state index in [1.54, 1.807) is 12.3 Å². The number of nitrogens with one attached hydrogen (secondary N) is 2. The van der Waals surface area contributed by atoms with E-state index in [1.807, 2.05) is 71.5 Å². The molecule has 0 amide bonds. The molecule has 6 heteroatoms. The van der Waals surface area contributed by atoms with Crippen molar-refractivity contribution in [2.45, 2.75) is 0 Å². The molecule has 0 bridgehead atoms. The lowest BCUT2D eigenvalue weighted by Gasteiger charge is -2.03. The third-order valence-corrected chi connectivity index (χ3v) is 3.82. The molecule has 0 aliphatic heterocycles. The van der Waals surface area contributed by atoms with E-state index in [1.165, 1.54) is 0 Å². The van der Waals surface area contributed by atoms with Crippen LogP contribution in [0.5, 0.6) is 0 Å². The van der Waals surface area contributed by atoms with E-state index in [9.17, 15) is 0 Å². The van der Waals surface area contributed by atoms with Gasteiger partial charge in [-0.05, 0) is 24.4 Å². The number of hydrazone groups is 1. The molecule has 0 saturated heterocycles. The fraction of sp³-hybridized carbons (Fsp3) is 0.0500. The number of para-hydroxylation sites is 1. The summed E-state index contributed by atoms with van der Waals surface area (Å²) in [5.74, 6) is 0. The average molecular weight is 361 g/mol. The number of nitrogens with zero attached hydrogens (tertiary/aromatic N) is 3. The first kappa shape index (κ1) is 17.6. The van der Waals surface area contributed by atoms with Crippen LogP contribution in [0.25, 0.3) is 16.9 Å². The van der Waals surface area contributed by atoms with Crippen molar-refractivity contribution in [3.8, 4) is 16.9 Å². The molecule has 0 aliphatic carbocycles. The van der Waals surface area contributed by atoms with Crippen molar-refractivity contribution in [2.75, 3.05) is 6.54 Å². The molecule has 0 saturated carbocycles. The van der Waals surface area contributed by atoms with Crippen LogP contribution < -0.4 is 10.7 Å². The number of hydrogen-bond donors (Lipinski definition) is 2. The summed E-state index contributed by atoms with van der Waals surface area (Å²) in [6, 6.07) is 20.0. The fourth-order valence-corrected chi connectivity index (χ4v) is 2.52. The predicted molar refractivity (Wildman–Crippen MR) is 111 cm³/mol. The summed E-state index contributed by atoms with van der Waals surface area (Å²) >= 11 is 5.14. The summed E-state index contributed by atoms with van der Waals surface area (Å²) in [6.45, 7) is 4.22. The summed E-state index contributed by atoms with van der Waals surface area (Å²) in [4.78, 5) is 0. The maximum atomic E-state index is 5.14. The molecule has 0 radical (unpaired) electrons. The molecule has 130 valence electrons. The molecule has 3 rings (SSSR count). The van der Waals surface area contributed by atoms with Gasteiger partial charge in [0, 0.05) is 23.9 Å². The maximum absolute atomic E-state index is 5.14. The Balaban J connectivity index is 1.88. The largest absolute Gasteiger partial charge is 0.358 e. The highest BCUT2D eigenvalue weighted by atomic mass is 32.1. The molecule has 1 heterocycles. The molecule has 0 aliphatic rings. The van der Waals surface area contributed by atoms with Gasteiger partial charge in [0.1, 0.15) is 5.69 Å². The first-order valence-electron chi connectivity index (χ1n) is 8.16. The van der Waals surface area contributed by atoms with Gasteiger partial charge in [-0.1, -0.05) is 54.6 Å². The minimum absolute atomic E-state index is 0.442. The van der Waals surface area contributed by atoms with Crippen LogP contribution in [0.1, 0.15) is 5.56 Å². The Labute approximate surface area is 158 Å². The summed E-state index contributed by atoms with van der Waals surface area (Å²) in [7, 11) is 0.